The minimum absolute atomic E-state index is 0.0572. The van der Waals surface area contributed by atoms with Crippen LogP contribution in [0.15, 0.2) is 42.5 Å². The molecular weight excluding hydrogens is 400 g/mol. The number of rotatable bonds is 5. The van der Waals surface area contributed by atoms with Gasteiger partial charge in [-0.1, -0.05) is 30.9 Å². The van der Waals surface area contributed by atoms with E-state index in [2.05, 4.69) is 10.6 Å². The molecule has 2 aromatic rings. The third-order valence-electron chi connectivity index (χ3n) is 5.99. The maximum absolute atomic E-state index is 12.7. The lowest BCUT2D eigenvalue weighted by molar-refractivity contribution is -0.126. The van der Waals surface area contributed by atoms with Crippen LogP contribution >= 0.6 is 11.6 Å². The van der Waals surface area contributed by atoms with Gasteiger partial charge in [0.1, 0.15) is 12.4 Å². The minimum atomic E-state index is -0.205. The Balaban J connectivity index is 1.36. The number of carbonyl (C=O) groups excluding carboxylic acids is 2. The van der Waals surface area contributed by atoms with Crippen LogP contribution in [-0.2, 0) is 11.2 Å². The highest BCUT2D eigenvalue weighted by Gasteiger charge is 2.27. The second-order valence-corrected chi connectivity index (χ2v) is 8.68. The number of fused-ring (bicyclic) bond motifs is 1. The summed E-state index contributed by atoms with van der Waals surface area (Å²) in [6.45, 7) is 1.15. The summed E-state index contributed by atoms with van der Waals surface area (Å²) in [6, 6.07) is 12.3. The van der Waals surface area contributed by atoms with Crippen LogP contribution in [0.4, 0.5) is 5.69 Å². The lowest BCUT2D eigenvalue weighted by atomic mass is 9.89. The Morgan fingerprint density at radius 2 is 1.80 bits per heavy atom. The van der Waals surface area contributed by atoms with Crippen molar-refractivity contribution in [3.63, 3.8) is 0 Å². The van der Waals surface area contributed by atoms with Gasteiger partial charge in [0.2, 0.25) is 5.91 Å². The number of benzene rings is 2. The zero-order valence-corrected chi connectivity index (χ0v) is 17.7. The average molecular weight is 427 g/mol. The molecule has 2 amide bonds. The number of hydrogen-bond acceptors (Lipinski definition) is 3. The maximum atomic E-state index is 12.7. The Morgan fingerprint density at radius 1 is 1.03 bits per heavy atom. The molecule has 0 bridgehead atoms. The topological polar surface area (TPSA) is 67.4 Å². The van der Waals surface area contributed by atoms with E-state index in [4.69, 9.17) is 16.3 Å². The molecule has 1 heterocycles. The van der Waals surface area contributed by atoms with E-state index in [1.807, 2.05) is 18.2 Å². The molecule has 5 nitrogen and oxygen atoms in total. The van der Waals surface area contributed by atoms with Crippen molar-refractivity contribution in [2.24, 2.45) is 11.8 Å². The first kappa shape index (κ1) is 20.7. The first-order valence-electron chi connectivity index (χ1n) is 10.7. The lowest BCUT2D eigenvalue weighted by Gasteiger charge is -2.27. The number of anilines is 1. The van der Waals surface area contributed by atoms with Crippen LogP contribution in [0.25, 0.3) is 0 Å². The van der Waals surface area contributed by atoms with Crippen LogP contribution in [-0.4, -0.2) is 25.0 Å². The molecule has 1 fully saturated rings. The third-order valence-corrected chi connectivity index (χ3v) is 6.24. The number of amides is 2. The fourth-order valence-corrected chi connectivity index (χ4v) is 4.35. The SMILES string of the molecule is O=C(Nc1ccc2c(c1)C[C@H](C(=O)NCC1CCCCC1)CO2)c1ccc(Cl)cc1. The molecule has 1 atom stereocenters. The van der Waals surface area contributed by atoms with E-state index in [1.165, 1.54) is 32.1 Å². The molecule has 1 aliphatic carbocycles. The molecule has 0 aromatic heterocycles. The molecule has 1 saturated carbocycles. The standard InChI is InChI=1S/C24H27ClN2O3/c25-20-8-6-17(7-9-20)24(29)27-21-10-11-22-18(13-21)12-19(15-30-22)23(28)26-14-16-4-2-1-3-5-16/h6-11,13,16,19H,1-5,12,14-15H2,(H,26,28)(H,27,29)/t19-/m0/s1. The Morgan fingerprint density at radius 3 is 2.57 bits per heavy atom. The Kier molecular flexibility index (Phi) is 6.58. The van der Waals surface area contributed by atoms with E-state index in [-0.39, 0.29) is 17.7 Å². The van der Waals surface area contributed by atoms with E-state index in [9.17, 15) is 9.59 Å². The van der Waals surface area contributed by atoms with Crippen LogP contribution < -0.4 is 15.4 Å². The van der Waals surface area contributed by atoms with Gasteiger partial charge >= 0.3 is 0 Å². The number of nitrogens with one attached hydrogen (secondary N) is 2. The predicted octanol–water partition coefficient (Wildman–Crippen LogP) is 4.84. The predicted molar refractivity (Wildman–Crippen MR) is 118 cm³/mol. The Labute approximate surface area is 182 Å². The molecule has 0 unspecified atom stereocenters. The van der Waals surface area contributed by atoms with Gasteiger partial charge in [-0.05, 0) is 73.2 Å². The monoisotopic (exact) mass is 426 g/mol. The van der Waals surface area contributed by atoms with Crippen molar-refractivity contribution >= 4 is 29.1 Å². The first-order valence-corrected chi connectivity index (χ1v) is 11.1. The second-order valence-electron chi connectivity index (χ2n) is 8.24. The van der Waals surface area contributed by atoms with E-state index >= 15 is 0 Å². The zero-order valence-electron chi connectivity index (χ0n) is 17.0. The van der Waals surface area contributed by atoms with E-state index in [1.54, 1.807) is 24.3 Å². The molecule has 0 spiro atoms. The largest absolute Gasteiger partial charge is 0.492 e. The third kappa shape index (κ3) is 5.14. The van der Waals surface area contributed by atoms with Crippen LogP contribution in [0.2, 0.25) is 5.02 Å². The highest BCUT2D eigenvalue weighted by Crippen LogP contribution is 2.30. The van der Waals surface area contributed by atoms with Gasteiger partial charge in [-0.15, -0.1) is 0 Å². The van der Waals surface area contributed by atoms with Crippen molar-refractivity contribution in [3.05, 3.63) is 58.6 Å². The van der Waals surface area contributed by atoms with Crippen LogP contribution in [0.3, 0.4) is 0 Å². The average Bonchev–Trinajstić information content (AvgIpc) is 2.78. The molecule has 0 saturated heterocycles. The van der Waals surface area contributed by atoms with Crippen molar-refractivity contribution in [1.29, 1.82) is 0 Å². The van der Waals surface area contributed by atoms with Crippen LogP contribution in [0.1, 0.15) is 48.0 Å². The minimum Gasteiger partial charge on any atom is -0.492 e. The molecule has 2 N–H and O–H groups in total. The van der Waals surface area contributed by atoms with Crippen molar-refractivity contribution in [3.8, 4) is 5.75 Å². The van der Waals surface area contributed by atoms with Gasteiger partial charge in [-0.25, -0.2) is 0 Å². The molecule has 30 heavy (non-hydrogen) atoms. The highest BCUT2D eigenvalue weighted by molar-refractivity contribution is 6.30. The molecule has 2 aromatic carbocycles. The summed E-state index contributed by atoms with van der Waals surface area (Å²) in [6.07, 6.45) is 6.88. The van der Waals surface area contributed by atoms with E-state index < -0.39 is 0 Å². The Hall–Kier alpha value is -2.53. The zero-order chi connectivity index (χ0) is 20.9. The number of hydrogen-bond donors (Lipinski definition) is 2. The van der Waals surface area contributed by atoms with Crippen molar-refractivity contribution in [2.75, 3.05) is 18.5 Å². The molecule has 6 heteroatoms. The van der Waals surface area contributed by atoms with E-state index in [0.29, 0.717) is 35.2 Å². The van der Waals surface area contributed by atoms with Gasteiger partial charge in [-0.3, -0.25) is 9.59 Å². The first-order chi connectivity index (χ1) is 14.6. The summed E-state index contributed by atoms with van der Waals surface area (Å²) >= 11 is 5.88. The number of carbonyl (C=O) groups is 2. The smallest absolute Gasteiger partial charge is 0.255 e. The lowest BCUT2D eigenvalue weighted by Crippen LogP contribution is -2.39. The van der Waals surface area contributed by atoms with Gasteiger partial charge in [0, 0.05) is 22.8 Å². The fraction of sp³-hybridized carbons (Fsp3) is 0.417. The van der Waals surface area contributed by atoms with Gasteiger partial charge in [0.05, 0.1) is 5.92 Å². The summed E-state index contributed by atoms with van der Waals surface area (Å²) in [5.41, 5.74) is 2.15. The van der Waals surface area contributed by atoms with Crippen molar-refractivity contribution in [2.45, 2.75) is 38.5 Å². The quantitative estimate of drug-likeness (QED) is 0.718. The van der Waals surface area contributed by atoms with Gasteiger partial charge in [-0.2, -0.15) is 0 Å². The van der Waals surface area contributed by atoms with E-state index in [0.717, 1.165) is 17.9 Å². The number of ether oxygens (including phenoxy) is 1. The summed E-state index contributed by atoms with van der Waals surface area (Å²) in [5, 5.41) is 6.62. The molecule has 2 aliphatic rings. The fourth-order valence-electron chi connectivity index (χ4n) is 4.23. The molecule has 4 rings (SSSR count). The summed E-state index contributed by atoms with van der Waals surface area (Å²) in [7, 11) is 0. The van der Waals surface area contributed by atoms with Crippen molar-refractivity contribution < 1.29 is 14.3 Å². The van der Waals surface area contributed by atoms with Crippen LogP contribution in [0.5, 0.6) is 5.75 Å². The molecule has 158 valence electrons. The summed E-state index contributed by atoms with van der Waals surface area (Å²) in [5.74, 6) is 1.03. The second kappa shape index (κ2) is 9.52. The van der Waals surface area contributed by atoms with Crippen molar-refractivity contribution in [1.82, 2.24) is 5.32 Å². The summed E-state index contributed by atoms with van der Waals surface area (Å²) in [4.78, 5) is 25.1. The van der Waals surface area contributed by atoms with Crippen LogP contribution in [0, 0.1) is 11.8 Å². The molecule has 0 radical (unpaired) electrons. The van der Waals surface area contributed by atoms with Gasteiger partial charge in [0.15, 0.2) is 0 Å². The normalized spacial score (nSPS) is 18.8. The highest BCUT2D eigenvalue weighted by atomic mass is 35.5. The molecule has 1 aliphatic heterocycles. The number of halogens is 1. The maximum Gasteiger partial charge on any atom is 0.255 e. The molecular formula is C24H27ClN2O3. The van der Waals surface area contributed by atoms with Gasteiger partial charge in [0.25, 0.3) is 5.91 Å². The summed E-state index contributed by atoms with van der Waals surface area (Å²) < 4.78 is 5.82. The van der Waals surface area contributed by atoms with Gasteiger partial charge < -0.3 is 15.4 Å². The Bertz CT molecular complexity index is 907.